The van der Waals surface area contributed by atoms with Crippen molar-refractivity contribution in [1.29, 1.82) is 0 Å². The van der Waals surface area contributed by atoms with Gasteiger partial charge in [-0.2, -0.15) is 0 Å². The summed E-state index contributed by atoms with van der Waals surface area (Å²) in [4.78, 5) is 12.3. The van der Waals surface area contributed by atoms with Crippen LogP contribution >= 0.6 is 0 Å². The minimum absolute atomic E-state index is 0.273. The predicted molar refractivity (Wildman–Crippen MR) is 56.8 cm³/mol. The normalized spacial score (nSPS) is 25.9. The molecule has 2 rings (SSSR count). The van der Waals surface area contributed by atoms with Crippen molar-refractivity contribution in [3.63, 3.8) is 0 Å². The molecule has 0 aromatic rings. The molecule has 0 amide bonds. The summed E-state index contributed by atoms with van der Waals surface area (Å²) in [5, 5.41) is 0. The van der Waals surface area contributed by atoms with E-state index in [-0.39, 0.29) is 5.92 Å². The first-order valence-electron chi connectivity index (χ1n) is 6.04. The van der Waals surface area contributed by atoms with E-state index in [1.165, 1.54) is 6.42 Å². The highest BCUT2D eigenvalue weighted by atomic mass is 16.5. The summed E-state index contributed by atoms with van der Waals surface area (Å²) in [7, 11) is 0. The fourth-order valence-corrected chi connectivity index (χ4v) is 2.48. The molecule has 3 nitrogen and oxygen atoms in total. The number of hydrogen-bond donors (Lipinski definition) is 0. The molecular formula is C12H20O3. The molecule has 0 N–H and O–H groups in total. The molecule has 0 spiro atoms. The topological polar surface area (TPSA) is 35.5 Å². The van der Waals surface area contributed by atoms with E-state index in [2.05, 4.69) is 0 Å². The van der Waals surface area contributed by atoms with Gasteiger partial charge < -0.3 is 9.47 Å². The van der Waals surface area contributed by atoms with Crippen LogP contribution in [0.15, 0.2) is 0 Å². The van der Waals surface area contributed by atoms with Gasteiger partial charge in [-0.25, -0.2) is 0 Å². The van der Waals surface area contributed by atoms with Crippen molar-refractivity contribution in [1.82, 2.24) is 0 Å². The van der Waals surface area contributed by atoms with Gasteiger partial charge in [-0.15, -0.1) is 0 Å². The number of ketones is 1. The monoisotopic (exact) mass is 212 g/mol. The fourth-order valence-electron chi connectivity index (χ4n) is 2.48. The summed E-state index contributed by atoms with van der Waals surface area (Å²) in [6.45, 7) is 3.92. The summed E-state index contributed by atoms with van der Waals surface area (Å²) in [6.07, 6.45) is 4.82. The third kappa shape index (κ3) is 2.08. The molecule has 0 radical (unpaired) electrons. The molecule has 0 aromatic carbocycles. The highest BCUT2D eigenvalue weighted by molar-refractivity contribution is 5.90. The van der Waals surface area contributed by atoms with Gasteiger partial charge >= 0.3 is 0 Å². The Morgan fingerprint density at radius 1 is 1.40 bits per heavy atom. The quantitative estimate of drug-likeness (QED) is 0.714. The van der Waals surface area contributed by atoms with E-state index in [0.717, 1.165) is 25.7 Å². The lowest BCUT2D eigenvalue weighted by atomic mass is 9.73. The summed E-state index contributed by atoms with van der Waals surface area (Å²) < 4.78 is 11.1. The fraction of sp³-hybridized carbons (Fsp3) is 0.917. The molecule has 2 aliphatic rings. The Morgan fingerprint density at radius 3 is 2.53 bits per heavy atom. The number of carbonyl (C=O) groups excluding carboxylic acids is 1. The van der Waals surface area contributed by atoms with E-state index < -0.39 is 5.60 Å². The third-order valence-electron chi connectivity index (χ3n) is 3.65. The van der Waals surface area contributed by atoms with Crippen LogP contribution in [0, 0.1) is 5.92 Å². The molecule has 1 aliphatic carbocycles. The van der Waals surface area contributed by atoms with Crippen LogP contribution in [0.25, 0.3) is 0 Å². The average Bonchev–Trinajstić information content (AvgIpc) is 2.17. The smallest absolute Gasteiger partial charge is 0.167 e. The second-order valence-electron chi connectivity index (χ2n) is 4.53. The van der Waals surface area contributed by atoms with Gasteiger partial charge in [0.1, 0.15) is 5.60 Å². The van der Waals surface area contributed by atoms with Crippen molar-refractivity contribution < 1.29 is 14.3 Å². The number of rotatable bonds is 4. The maximum Gasteiger partial charge on any atom is 0.167 e. The lowest BCUT2D eigenvalue weighted by molar-refractivity contribution is -0.164. The van der Waals surface area contributed by atoms with Crippen molar-refractivity contribution in [3.8, 4) is 0 Å². The van der Waals surface area contributed by atoms with Crippen molar-refractivity contribution in [2.45, 2.75) is 44.6 Å². The molecule has 2 fully saturated rings. The Morgan fingerprint density at radius 2 is 2.07 bits per heavy atom. The summed E-state index contributed by atoms with van der Waals surface area (Å²) >= 11 is 0. The zero-order valence-corrected chi connectivity index (χ0v) is 9.46. The van der Waals surface area contributed by atoms with E-state index in [0.29, 0.717) is 25.6 Å². The van der Waals surface area contributed by atoms with Crippen molar-refractivity contribution in [3.05, 3.63) is 0 Å². The first-order chi connectivity index (χ1) is 7.28. The van der Waals surface area contributed by atoms with Crippen LogP contribution in [0.4, 0.5) is 0 Å². The lowest BCUT2D eigenvalue weighted by Gasteiger charge is -2.40. The highest BCUT2D eigenvalue weighted by Gasteiger charge is 2.45. The summed E-state index contributed by atoms with van der Waals surface area (Å²) in [5.74, 6) is 0.619. The second kappa shape index (κ2) is 4.62. The maximum absolute atomic E-state index is 12.3. The number of Topliss-reactive ketones (excluding diaryl/α,β-unsaturated/α-hetero) is 1. The molecular weight excluding hydrogens is 192 g/mol. The van der Waals surface area contributed by atoms with Gasteiger partial charge in [-0.05, 0) is 19.8 Å². The van der Waals surface area contributed by atoms with Crippen LogP contribution in [0.3, 0.4) is 0 Å². The van der Waals surface area contributed by atoms with Gasteiger partial charge in [0, 0.05) is 38.6 Å². The van der Waals surface area contributed by atoms with Crippen LogP contribution in [-0.4, -0.2) is 31.2 Å². The molecule has 15 heavy (non-hydrogen) atoms. The SMILES string of the molecule is CCOC1(C(=O)C2CCC2)CCOCC1. The van der Waals surface area contributed by atoms with Gasteiger partial charge in [0.15, 0.2) is 5.78 Å². The molecule has 0 atom stereocenters. The van der Waals surface area contributed by atoms with E-state index in [9.17, 15) is 4.79 Å². The molecule has 3 heteroatoms. The Hall–Kier alpha value is -0.410. The van der Waals surface area contributed by atoms with E-state index in [4.69, 9.17) is 9.47 Å². The van der Waals surface area contributed by atoms with Crippen LogP contribution < -0.4 is 0 Å². The highest BCUT2D eigenvalue weighted by Crippen LogP contribution is 2.36. The van der Waals surface area contributed by atoms with Gasteiger partial charge in [0.25, 0.3) is 0 Å². The zero-order valence-electron chi connectivity index (χ0n) is 9.46. The predicted octanol–water partition coefficient (Wildman–Crippen LogP) is 1.94. The zero-order chi connectivity index (χ0) is 10.7. The largest absolute Gasteiger partial charge is 0.381 e. The lowest BCUT2D eigenvalue weighted by Crippen LogP contribution is -2.50. The number of carbonyl (C=O) groups is 1. The Balaban J connectivity index is 2.05. The Bertz CT molecular complexity index is 222. The third-order valence-corrected chi connectivity index (χ3v) is 3.65. The number of ether oxygens (including phenoxy) is 2. The van der Waals surface area contributed by atoms with E-state index >= 15 is 0 Å². The molecule has 86 valence electrons. The first-order valence-corrected chi connectivity index (χ1v) is 6.04. The Kier molecular flexibility index (Phi) is 3.42. The van der Waals surface area contributed by atoms with Crippen LogP contribution in [0.1, 0.15) is 39.0 Å². The van der Waals surface area contributed by atoms with E-state index in [1.807, 2.05) is 6.92 Å². The Labute approximate surface area is 91.1 Å². The second-order valence-corrected chi connectivity index (χ2v) is 4.53. The van der Waals surface area contributed by atoms with Gasteiger partial charge in [-0.3, -0.25) is 4.79 Å². The van der Waals surface area contributed by atoms with E-state index in [1.54, 1.807) is 0 Å². The average molecular weight is 212 g/mol. The maximum atomic E-state index is 12.3. The van der Waals surface area contributed by atoms with Gasteiger partial charge in [0.05, 0.1) is 0 Å². The molecule has 0 unspecified atom stereocenters. The van der Waals surface area contributed by atoms with Gasteiger partial charge in [-0.1, -0.05) is 6.42 Å². The summed E-state index contributed by atoms with van der Waals surface area (Å²) in [6, 6.07) is 0. The van der Waals surface area contributed by atoms with Crippen LogP contribution in [0.2, 0.25) is 0 Å². The van der Waals surface area contributed by atoms with Crippen molar-refractivity contribution >= 4 is 5.78 Å². The molecule has 1 saturated carbocycles. The van der Waals surface area contributed by atoms with Gasteiger partial charge in [0.2, 0.25) is 0 Å². The molecule has 1 heterocycles. The number of hydrogen-bond acceptors (Lipinski definition) is 3. The van der Waals surface area contributed by atoms with Crippen molar-refractivity contribution in [2.75, 3.05) is 19.8 Å². The van der Waals surface area contributed by atoms with Crippen LogP contribution in [-0.2, 0) is 14.3 Å². The molecule has 1 aliphatic heterocycles. The standard InChI is InChI=1S/C12H20O3/c1-2-15-12(6-8-14-9-7-12)11(13)10-4-3-5-10/h10H,2-9H2,1H3. The van der Waals surface area contributed by atoms with Crippen LogP contribution in [0.5, 0.6) is 0 Å². The molecule has 1 saturated heterocycles. The first kappa shape index (κ1) is 11.1. The molecule has 0 aromatic heterocycles. The van der Waals surface area contributed by atoms with Crippen molar-refractivity contribution in [2.24, 2.45) is 5.92 Å². The minimum atomic E-state index is -0.502. The molecule has 0 bridgehead atoms. The minimum Gasteiger partial charge on any atom is -0.381 e. The summed E-state index contributed by atoms with van der Waals surface area (Å²) in [5.41, 5.74) is -0.502.